The smallest absolute Gasteiger partial charge is 0.321 e. The fraction of sp³-hybridized carbons (Fsp3) is 0.750. The number of nitrogens with zero attached hydrogens (tertiary/aromatic N) is 1. The van der Waals surface area contributed by atoms with Crippen molar-refractivity contribution < 1.29 is 14.7 Å². The van der Waals surface area contributed by atoms with Crippen molar-refractivity contribution in [3.05, 3.63) is 0 Å². The van der Waals surface area contributed by atoms with E-state index in [1.54, 1.807) is 6.92 Å². The predicted molar refractivity (Wildman–Crippen MR) is 30.2 cm³/mol. The molecule has 9 heavy (non-hydrogen) atoms. The van der Waals surface area contributed by atoms with E-state index in [0.717, 1.165) is 5.17 Å². The molecule has 0 rings (SSSR count). The summed E-state index contributed by atoms with van der Waals surface area (Å²) in [5.41, 5.74) is 0. The third-order valence-electron chi connectivity index (χ3n) is 0.586. The lowest BCUT2D eigenvalue weighted by atomic mass is 10.7. The standard InChI is InChI=1S/C4H10N2O3/c1-2-9-6(5)3-4(7)8/h2-3,5H2,1H3,(H,7,8). The molecule has 0 aliphatic heterocycles. The molecule has 0 aromatic carbocycles. The molecule has 0 amide bonds. The van der Waals surface area contributed by atoms with Gasteiger partial charge in [-0.1, -0.05) is 0 Å². The highest BCUT2D eigenvalue weighted by molar-refractivity contribution is 5.68. The van der Waals surface area contributed by atoms with Crippen LogP contribution in [0.5, 0.6) is 0 Å². The van der Waals surface area contributed by atoms with Crippen LogP contribution in [0.25, 0.3) is 0 Å². The second-order valence-corrected chi connectivity index (χ2v) is 1.39. The van der Waals surface area contributed by atoms with Crippen LogP contribution in [0.1, 0.15) is 6.92 Å². The zero-order valence-electron chi connectivity index (χ0n) is 5.20. The van der Waals surface area contributed by atoms with E-state index in [-0.39, 0.29) is 6.54 Å². The fourth-order valence-electron chi connectivity index (χ4n) is 0.345. The average molecular weight is 134 g/mol. The highest BCUT2D eigenvalue weighted by Gasteiger charge is 2.02. The number of hydrogen-bond acceptors (Lipinski definition) is 4. The van der Waals surface area contributed by atoms with Gasteiger partial charge in [0.05, 0.1) is 6.61 Å². The van der Waals surface area contributed by atoms with E-state index in [0.29, 0.717) is 6.61 Å². The van der Waals surface area contributed by atoms with Crippen LogP contribution in [0.4, 0.5) is 0 Å². The van der Waals surface area contributed by atoms with Crippen molar-refractivity contribution in [1.82, 2.24) is 5.17 Å². The van der Waals surface area contributed by atoms with E-state index in [1.807, 2.05) is 0 Å². The van der Waals surface area contributed by atoms with E-state index in [1.165, 1.54) is 0 Å². The third-order valence-corrected chi connectivity index (χ3v) is 0.586. The number of hydrogen-bond donors (Lipinski definition) is 2. The Kier molecular flexibility index (Phi) is 3.94. The van der Waals surface area contributed by atoms with Crippen LogP contribution in [0.3, 0.4) is 0 Å². The first-order valence-electron chi connectivity index (χ1n) is 2.53. The van der Waals surface area contributed by atoms with Crippen LogP contribution >= 0.6 is 0 Å². The minimum Gasteiger partial charge on any atom is -0.480 e. The molecular formula is C4H10N2O3. The number of aliphatic carboxylic acids is 1. The van der Waals surface area contributed by atoms with Gasteiger partial charge in [-0.3, -0.25) is 9.63 Å². The van der Waals surface area contributed by atoms with Gasteiger partial charge in [0.2, 0.25) is 0 Å². The Hall–Kier alpha value is -0.650. The minimum atomic E-state index is -1.01. The summed E-state index contributed by atoms with van der Waals surface area (Å²) in [5.74, 6) is 4.01. The number of hydroxylamine groups is 1. The summed E-state index contributed by atoms with van der Waals surface area (Å²) < 4.78 is 0. The fourth-order valence-corrected chi connectivity index (χ4v) is 0.345. The topological polar surface area (TPSA) is 75.8 Å². The van der Waals surface area contributed by atoms with E-state index in [4.69, 9.17) is 10.9 Å². The van der Waals surface area contributed by atoms with Gasteiger partial charge in [-0.05, 0) is 6.92 Å². The molecule has 0 saturated heterocycles. The molecule has 0 heterocycles. The number of hydrazine groups is 1. The molecular weight excluding hydrogens is 124 g/mol. The molecule has 0 aromatic rings. The summed E-state index contributed by atoms with van der Waals surface area (Å²) in [6.07, 6.45) is 0. The molecule has 0 spiro atoms. The molecule has 5 nitrogen and oxygen atoms in total. The molecule has 0 fully saturated rings. The van der Waals surface area contributed by atoms with Gasteiger partial charge in [0, 0.05) is 0 Å². The van der Waals surface area contributed by atoms with E-state index in [2.05, 4.69) is 4.84 Å². The van der Waals surface area contributed by atoms with Crippen molar-refractivity contribution in [2.45, 2.75) is 6.92 Å². The Morgan fingerprint density at radius 2 is 2.44 bits per heavy atom. The van der Waals surface area contributed by atoms with Gasteiger partial charge in [0.1, 0.15) is 6.54 Å². The number of carbonyl (C=O) groups is 1. The lowest BCUT2D eigenvalue weighted by molar-refractivity contribution is -0.175. The number of carboxylic acids is 1. The monoisotopic (exact) mass is 134 g/mol. The third kappa shape index (κ3) is 5.22. The Morgan fingerprint density at radius 1 is 1.89 bits per heavy atom. The lowest BCUT2D eigenvalue weighted by Gasteiger charge is -2.10. The predicted octanol–water partition coefficient (Wildman–Crippen LogP) is -0.802. The van der Waals surface area contributed by atoms with Gasteiger partial charge in [0.25, 0.3) is 0 Å². The normalized spacial score (nSPS) is 10.1. The molecule has 0 atom stereocenters. The Labute approximate surface area is 52.9 Å². The van der Waals surface area contributed by atoms with E-state index >= 15 is 0 Å². The zero-order valence-corrected chi connectivity index (χ0v) is 5.20. The zero-order chi connectivity index (χ0) is 7.28. The van der Waals surface area contributed by atoms with Crippen LogP contribution in [0, 0.1) is 0 Å². The Bertz CT molecular complexity index is 95.8. The SMILES string of the molecule is CCON(N)CC(=O)O. The maximum atomic E-state index is 9.88. The van der Waals surface area contributed by atoms with Gasteiger partial charge in [-0.25, -0.2) is 5.84 Å². The largest absolute Gasteiger partial charge is 0.480 e. The number of carboxylic acid groups (broad SMARTS) is 1. The minimum absolute atomic E-state index is 0.298. The number of rotatable bonds is 4. The molecule has 0 radical (unpaired) electrons. The Morgan fingerprint density at radius 3 is 2.78 bits per heavy atom. The maximum Gasteiger partial charge on any atom is 0.321 e. The first-order chi connectivity index (χ1) is 4.16. The molecule has 0 aliphatic carbocycles. The lowest BCUT2D eigenvalue weighted by Crippen LogP contribution is -2.35. The van der Waals surface area contributed by atoms with E-state index in [9.17, 15) is 4.79 Å². The summed E-state index contributed by atoms with van der Waals surface area (Å²) in [6.45, 7) is 1.80. The van der Waals surface area contributed by atoms with Crippen LogP contribution < -0.4 is 5.84 Å². The highest BCUT2D eigenvalue weighted by Crippen LogP contribution is 1.78. The molecule has 0 aliphatic rings. The van der Waals surface area contributed by atoms with Gasteiger partial charge in [-0.15, -0.1) is 5.17 Å². The average Bonchev–Trinajstić information content (AvgIpc) is 1.63. The summed E-state index contributed by atoms with van der Waals surface area (Å²) in [6, 6.07) is 0. The maximum absolute atomic E-state index is 9.88. The summed E-state index contributed by atoms with van der Waals surface area (Å²) >= 11 is 0. The van der Waals surface area contributed by atoms with Gasteiger partial charge < -0.3 is 5.11 Å². The van der Waals surface area contributed by atoms with Crippen molar-refractivity contribution in [2.24, 2.45) is 5.84 Å². The summed E-state index contributed by atoms with van der Waals surface area (Å²) in [7, 11) is 0. The van der Waals surface area contributed by atoms with Crippen LogP contribution in [-0.2, 0) is 9.63 Å². The van der Waals surface area contributed by atoms with Crippen molar-refractivity contribution >= 4 is 5.97 Å². The second-order valence-electron chi connectivity index (χ2n) is 1.39. The quantitative estimate of drug-likeness (QED) is 0.389. The molecule has 0 bridgehead atoms. The van der Waals surface area contributed by atoms with Gasteiger partial charge in [0.15, 0.2) is 0 Å². The van der Waals surface area contributed by atoms with Crippen molar-refractivity contribution in [2.75, 3.05) is 13.2 Å². The molecule has 0 unspecified atom stereocenters. The molecule has 5 heteroatoms. The van der Waals surface area contributed by atoms with Crippen molar-refractivity contribution in [1.29, 1.82) is 0 Å². The molecule has 54 valence electrons. The molecule has 0 saturated carbocycles. The number of nitrogens with two attached hydrogens (primary N) is 1. The molecule has 0 aromatic heterocycles. The van der Waals surface area contributed by atoms with Crippen LogP contribution in [0.2, 0.25) is 0 Å². The van der Waals surface area contributed by atoms with Gasteiger partial charge >= 0.3 is 5.97 Å². The van der Waals surface area contributed by atoms with Gasteiger partial charge in [-0.2, -0.15) is 0 Å². The first-order valence-corrected chi connectivity index (χ1v) is 2.53. The van der Waals surface area contributed by atoms with Crippen molar-refractivity contribution in [3.63, 3.8) is 0 Å². The van der Waals surface area contributed by atoms with Crippen molar-refractivity contribution in [3.8, 4) is 0 Å². The Balaban J connectivity index is 3.26. The summed E-state index contributed by atoms with van der Waals surface area (Å²) in [4.78, 5) is 14.5. The van der Waals surface area contributed by atoms with Crippen LogP contribution in [-0.4, -0.2) is 29.4 Å². The second kappa shape index (κ2) is 4.25. The highest BCUT2D eigenvalue weighted by atomic mass is 16.7. The first kappa shape index (κ1) is 8.35. The van der Waals surface area contributed by atoms with E-state index < -0.39 is 5.97 Å². The van der Waals surface area contributed by atoms with Crippen LogP contribution in [0.15, 0.2) is 0 Å². The summed E-state index contributed by atoms with van der Waals surface area (Å²) in [5, 5.41) is 8.89. The molecule has 3 N–H and O–H groups in total.